The van der Waals surface area contributed by atoms with Crippen molar-refractivity contribution in [2.75, 3.05) is 18.5 Å². The van der Waals surface area contributed by atoms with Crippen LogP contribution in [-0.2, 0) is 17.8 Å². The minimum atomic E-state index is -0.111. The lowest BCUT2D eigenvalue weighted by atomic mass is 10.00. The molecular weight excluding hydrogens is 304 g/mol. The smallest absolute Gasteiger partial charge is 0.262 e. The maximum Gasteiger partial charge on any atom is 0.262 e. The predicted molar refractivity (Wildman–Crippen MR) is 91.6 cm³/mol. The fourth-order valence-electron chi connectivity index (χ4n) is 3.22. The summed E-state index contributed by atoms with van der Waals surface area (Å²) in [5, 5.41) is 6.38. The lowest BCUT2D eigenvalue weighted by Crippen LogP contribution is -2.39. The highest BCUT2D eigenvalue weighted by atomic mass is 16.5. The van der Waals surface area contributed by atoms with Gasteiger partial charge in [0.1, 0.15) is 18.1 Å². The molecule has 0 saturated heterocycles. The van der Waals surface area contributed by atoms with Crippen molar-refractivity contribution in [3.05, 3.63) is 53.1 Å². The van der Waals surface area contributed by atoms with Crippen LogP contribution in [0.2, 0.25) is 0 Å². The van der Waals surface area contributed by atoms with Gasteiger partial charge in [-0.25, -0.2) is 0 Å². The molecule has 2 aliphatic rings. The van der Waals surface area contributed by atoms with Crippen molar-refractivity contribution in [2.24, 2.45) is 0 Å². The lowest BCUT2D eigenvalue weighted by molar-refractivity contribution is -0.118. The summed E-state index contributed by atoms with van der Waals surface area (Å²) in [7, 11) is 0. The number of anilines is 1. The second-order valence-electron chi connectivity index (χ2n) is 6.32. The summed E-state index contributed by atoms with van der Waals surface area (Å²) in [4.78, 5) is 11.4. The fraction of sp³-hybridized carbons (Fsp3) is 0.316. The molecule has 1 atom stereocenters. The SMILES string of the molecule is Cc1cccc2c1OC[C@H](NCc1ccc3c(c1)NC(=O)CO3)C2. The predicted octanol–water partition coefficient (Wildman–Crippen LogP) is 2.42. The molecule has 0 radical (unpaired) electrons. The van der Waals surface area contributed by atoms with E-state index in [1.807, 2.05) is 18.2 Å². The number of carbonyl (C=O) groups is 1. The number of ether oxygens (including phenoxy) is 2. The number of carbonyl (C=O) groups excluding carboxylic acids is 1. The van der Waals surface area contributed by atoms with Crippen LogP contribution in [0.15, 0.2) is 36.4 Å². The van der Waals surface area contributed by atoms with Gasteiger partial charge < -0.3 is 20.1 Å². The molecule has 2 aromatic carbocycles. The maximum absolute atomic E-state index is 11.4. The first-order valence-corrected chi connectivity index (χ1v) is 8.19. The van der Waals surface area contributed by atoms with E-state index in [0.717, 1.165) is 35.7 Å². The Bertz CT molecular complexity index is 788. The fourth-order valence-corrected chi connectivity index (χ4v) is 3.22. The molecule has 4 rings (SSSR count). The van der Waals surface area contributed by atoms with E-state index in [0.29, 0.717) is 6.61 Å². The Kier molecular flexibility index (Phi) is 3.86. The van der Waals surface area contributed by atoms with Crippen LogP contribution in [0, 0.1) is 6.92 Å². The molecule has 0 spiro atoms. The Morgan fingerprint density at radius 1 is 1.25 bits per heavy atom. The van der Waals surface area contributed by atoms with Crippen LogP contribution < -0.4 is 20.1 Å². The summed E-state index contributed by atoms with van der Waals surface area (Å²) in [6.07, 6.45) is 0.960. The van der Waals surface area contributed by atoms with Gasteiger partial charge in [0.25, 0.3) is 5.91 Å². The van der Waals surface area contributed by atoms with Gasteiger partial charge in [-0.1, -0.05) is 24.3 Å². The molecule has 24 heavy (non-hydrogen) atoms. The average Bonchev–Trinajstić information content (AvgIpc) is 2.59. The summed E-state index contributed by atoms with van der Waals surface area (Å²) < 4.78 is 11.3. The molecule has 0 aromatic heterocycles. The van der Waals surface area contributed by atoms with E-state index in [4.69, 9.17) is 9.47 Å². The summed E-state index contributed by atoms with van der Waals surface area (Å²) >= 11 is 0. The van der Waals surface area contributed by atoms with Gasteiger partial charge in [-0.3, -0.25) is 4.79 Å². The number of amides is 1. The minimum absolute atomic E-state index is 0.0861. The van der Waals surface area contributed by atoms with Crippen molar-refractivity contribution in [1.29, 1.82) is 0 Å². The Hall–Kier alpha value is -2.53. The topological polar surface area (TPSA) is 59.6 Å². The van der Waals surface area contributed by atoms with Gasteiger partial charge in [0.2, 0.25) is 0 Å². The highest BCUT2D eigenvalue weighted by molar-refractivity contribution is 5.95. The van der Waals surface area contributed by atoms with Crippen molar-refractivity contribution < 1.29 is 14.3 Å². The first-order valence-electron chi connectivity index (χ1n) is 8.19. The maximum atomic E-state index is 11.4. The summed E-state index contributed by atoms with van der Waals surface area (Å²) in [6.45, 7) is 3.56. The summed E-state index contributed by atoms with van der Waals surface area (Å²) in [6, 6.07) is 12.4. The van der Waals surface area contributed by atoms with Gasteiger partial charge in [0.05, 0.1) is 5.69 Å². The molecule has 0 unspecified atom stereocenters. The van der Waals surface area contributed by atoms with E-state index >= 15 is 0 Å². The van der Waals surface area contributed by atoms with Gasteiger partial charge in [0, 0.05) is 12.6 Å². The zero-order valence-corrected chi connectivity index (χ0v) is 13.6. The van der Waals surface area contributed by atoms with Crippen LogP contribution in [0.5, 0.6) is 11.5 Å². The first-order chi connectivity index (χ1) is 11.7. The minimum Gasteiger partial charge on any atom is -0.491 e. The van der Waals surface area contributed by atoms with E-state index in [1.54, 1.807) is 0 Å². The van der Waals surface area contributed by atoms with Crippen molar-refractivity contribution in [3.63, 3.8) is 0 Å². The normalized spacial score (nSPS) is 18.7. The third kappa shape index (κ3) is 2.95. The molecule has 124 valence electrons. The molecule has 5 heteroatoms. The molecule has 0 saturated carbocycles. The molecule has 0 bridgehead atoms. The zero-order chi connectivity index (χ0) is 16.5. The highest BCUT2D eigenvalue weighted by Gasteiger charge is 2.21. The molecule has 2 aromatic rings. The van der Waals surface area contributed by atoms with E-state index in [1.165, 1.54) is 11.1 Å². The Morgan fingerprint density at radius 3 is 3.08 bits per heavy atom. The number of nitrogens with one attached hydrogen (secondary N) is 2. The standard InChI is InChI=1S/C19H20N2O3/c1-12-3-2-4-14-8-15(10-24-19(12)14)20-9-13-5-6-17-16(7-13)21-18(22)11-23-17/h2-7,15,20H,8-11H2,1H3,(H,21,22)/t15-/m1/s1. The van der Waals surface area contributed by atoms with Gasteiger partial charge in [-0.15, -0.1) is 0 Å². The number of fused-ring (bicyclic) bond motifs is 2. The highest BCUT2D eigenvalue weighted by Crippen LogP contribution is 2.30. The lowest BCUT2D eigenvalue weighted by Gasteiger charge is -2.27. The van der Waals surface area contributed by atoms with Gasteiger partial charge >= 0.3 is 0 Å². The number of benzene rings is 2. The van der Waals surface area contributed by atoms with Gasteiger partial charge in [-0.05, 0) is 42.2 Å². The first kappa shape index (κ1) is 15.0. The van der Waals surface area contributed by atoms with Crippen LogP contribution in [0.25, 0.3) is 0 Å². The molecule has 0 aliphatic carbocycles. The van der Waals surface area contributed by atoms with E-state index in [-0.39, 0.29) is 18.6 Å². The van der Waals surface area contributed by atoms with Crippen LogP contribution >= 0.6 is 0 Å². The number of para-hydroxylation sites is 1. The molecular formula is C19H20N2O3. The van der Waals surface area contributed by atoms with Crippen molar-refractivity contribution in [1.82, 2.24) is 5.32 Å². The van der Waals surface area contributed by atoms with E-state index in [2.05, 4.69) is 35.8 Å². The number of hydrogen-bond acceptors (Lipinski definition) is 4. The van der Waals surface area contributed by atoms with Crippen LogP contribution in [-0.4, -0.2) is 25.2 Å². The van der Waals surface area contributed by atoms with Crippen molar-refractivity contribution in [3.8, 4) is 11.5 Å². The summed E-state index contributed by atoms with van der Waals surface area (Å²) in [5.41, 5.74) is 4.29. The van der Waals surface area contributed by atoms with Crippen LogP contribution in [0.3, 0.4) is 0 Å². The molecule has 2 heterocycles. The molecule has 2 N–H and O–H groups in total. The van der Waals surface area contributed by atoms with E-state index < -0.39 is 0 Å². The second-order valence-corrected chi connectivity index (χ2v) is 6.32. The third-order valence-corrected chi connectivity index (χ3v) is 4.46. The average molecular weight is 324 g/mol. The Balaban J connectivity index is 1.41. The molecule has 2 aliphatic heterocycles. The number of aryl methyl sites for hydroxylation is 1. The molecule has 1 amide bonds. The van der Waals surface area contributed by atoms with Crippen molar-refractivity contribution >= 4 is 11.6 Å². The Morgan fingerprint density at radius 2 is 2.17 bits per heavy atom. The molecule has 5 nitrogen and oxygen atoms in total. The van der Waals surface area contributed by atoms with E-state index in [9.17, 15) is 4.79 Å². The third-order valence-electron chi connectivity index (χ3n) is 4.46. The van der Waals surface area contributed by atoms with Crippen LogP contribution in [0.1, 0.15) is 16.7 Å². The molecule has 0 fully saturated rings. The largest absolute Gasteiger partial charge is 0.491 e. The monoisotopic (exact) mass is 324 g/mol. The number of rotatable bonds is 3. The quantitative estimate of drug-likeness (QED) is 0.910. The second kappa shape index (κ2) is 6.17. The van der Waals surface area contributed by atoms with Crippen LogP contribution in [0.4, 0.5) is 5.69 Å². The Labute approximate surface area is 141 Å². The van der Waals surface area contributed by atoms with Crippen molar-refractivity contribution in [2.45, 2.75) is 25.9 Å². The zero-order valence-electron chi connectivity index (χ0n) is 13.6. The van der Waals surface area contributed by atoms with Gasteiger partial charge in [-0.2, -0.15) is 0 Å². The number of hydrogen-bond donors (Lipinski definition) is 2. The summed E-state index contributed by atoms with van der Waals surface area (Å²) in [5.74, 6) is 1.65. The van der Waals surface area contributed by atoms with Gasteiger partial charge in [0.15, 0.2) is 6.61 Å².